The third-order valence-corrected chi connectivity index (χ3v) is 6.45. The van der Waals surface area contributed by atoms with Crippen molar-refractivity contribution >= 4 is 33.9 Å². The van der Waals surface area contributed by atoms with Crippen LogP contribution < -0.4 is 10.5 Å². The highest BCUT2D eigenvalue weighted by Gasteiger charge is 2.26. The number of piperazine rings is 1. The Hall–Kier alpha value is -2.83. The van der Waals surface area contributed by atoms with E-state index in [1.807, 2.05) is 30.5 Å². The lowest BCUT2D eigenvalue weighted by Crippen LogP contribution is -2.55. The molecule has 4 heterocycles. The summed E-state index contributed by atoms with van der Waals surface area (Å²) in [6, 6.07) is 12.4. The molecule has 30 heavy (non-hydrogen) atoms. The first kappa shape index (κ1) is 19.2. The first-order valence-corrected chi connectivity index (χ1v) is 10.5. The Morgan fingerprint density at radius 1 is 1.13 bits per heavy atom. The third-order valence-electron chi connectivity index (χ3n) is 6.16. The van der Waals surface area contributed by atoms with Crippen molar-refractivity contribution in [3.63, 3.8) is 0 Å². The van der Waals surface area contributed by atoms with E-state index >= 15 is 0 Å². The normalized spacial score (nSPS) is 20.3. The molecule has 0 aliphatic carbocycles. The molecule has 0 N–H and O–H groups in total. The molecule has 154 valence electrons. The number of imidazole rings is 1. The molecule has 0 saturated carbocycles. The molecule has 4 aromatic rings. The molecule has 2 atom stereocenters. The van der Waals surface area contributed by atoms with Crippen LogP contribution in [0.4, 0.5) is 5.69 Å². The molecule has 5 rings (SSSR count). The predicted molar refractivity (Wildman–Crippen MR) is 121 cm³/mol. The molecular formula is C23H23ClN4O2. The molecule has 1 aliphatic rings. The van der Waals surface area contributed by atoms with Gasteiger partial charge < -0.3 is 13.7 Å². The number of aromatic nitrogens is 2. The maximum Gasteiger partial charge on any atom is 0.345 e. The van der Waals surface area contributed by atoms with E-state index in [1.165, 1.54) is 0 Å². The van der Waals surface area contributed by atoms with Crippen molar-refractivity contribution in [1.82, 2.24) is 14.3 Å². The Morgan fingerprint density at radius 2 is 1.90 bits per heavy atom. The van der Waals surface area contributed by atoms with Gasteiger partial charge in [0.05, 0.1) is 16.3 Å². The number of anilines is 1. The van der Waals surface area contributed by atoms with Gasteiger partial charge in [0, 0.05) is 54.7 Å². The molecule has 7 heteroatoms. The number of likely N-dealkylation sites (N-methyl/N-ethyl adjacent to an activating group) is 1. The molecule has 1 saturated heterocycles. The zero-order chi connectivity index (χ0) is 21.0. The molecule has 0 amide bonds. The number of rotatable bonds is 2. The number of pyridine rings is 1. The zero-order valence-corrected chi connectivity index (χ0v) is 17.9. The molecule has 3 aromatic heterocycles. The number of nitrogens with zero attached hydrogens (tertiary/aromatic N) is 4. The molecule has 6 nitrogen and oxygen atoms in total. The molecule has 0 bridgehead atoms. The van der Waals surface area contributed by atoms with Crippen LogP contribution in [0.15, 0.2) is 58.0 Å². The first-order chi connectivity index (χ1) is 14.4. The number of halogens is 1. The summed E-state index contributed by atoms with van der Waals surface area (Å²) in [6.07, 6.45) is 3.64. The Kier molecular flexibility index (Phi) is 4.56. The van der Waals surface area contributed by atoms with Crippen molar-refractivity contribution in [1.29, 1.82) is 0 Å². The molecule has 1 fully saturated rings. The number of fused-ring (bicyclic) bond motifs is 2. The van der Waals surface area contributed by atoms with E-state index in [0.29, 0.717) is 39.6 Å². The molecule has 1 aliphatic heterocycles. The fourth-order valence-electron chi connectivity index (χ4n) is 4.20. The Morgan fingerprint density at radius 3 is 2.63 bits per heavy atom. The minimum atomic E-state index is -0.403. The third kappa shape index (κ3) is 3.16. The number of hydrogen-bond donors (Lipinski definition) is 0. The van der Waals surface area contributed by atoms with Crippen molar-refractivity contribution in [2.45, 2.75) is 25.9 Å². The van der Waals surface area contributed by atoms with Crippen molar-refractivity contribution in [3.8, 4) is 11.3 Å². The second-order valence-corrected chi connectivity index (χ2v) is 8.56. The fourth-order valence-corrected chi connectivity index (χ4v) is 4.41. The van der Waals surface area contributed by atoms with E-state index in [2.05, 4.69) is 41.7 Å². The molecular weight excluding hydrogens is 400 g/mol. The lowest BCUT2D eigenvalue weighted by molar-refractivity contribution is 0.170. The van der Waals surface area contributed by atoms with Gasteiger partial charge >= 0.3 is 5.63 Å². The number of benzene rings is 1. The van der Waals surface area contributed by atoms with Gasteiger partial charge in [-0.3, -0.25) is 4.90 Å². The first-order valence-electron chi connectivity index (χ1n) is 10.1. The van der Waals surface area contributed by atoms with Crippen LogP contribution in [0.2, 0.25) is 5.02 Å². The Labute approximate surface area is 179 Å². The van der Waals surface area contributed by atoms with Crippen LogP contribution >= 0.6 is 11.6 Å². The smallest absolute Gasteiger partial charge is 0.345 e. The van der Waals surface area contributed by atoms with Gasteiger partial charge in [-0.1, -0.05) is 11.6 Å². The summed E-state index contributed by atoms with van der Waals surface area (Å²) in [5.74, 6) is 0. The summed E-state index contributed by atoms with van der Waals surface area (Å²) in [5.41, 5.74) is 2.84. The Bertz CT molecular complexity index is 1300. The van der Waals surface area contributed by atoms with Crippen LogP contribution in [-0.4, -0.2) is 46.5 Å². The van der Waals surface area contributed by atoms with Gasteiger partial charge in [0.15, 0.2) is 5.65 Å². The van der Waals surface area contributed by atoms with Crippen LogP contribution in [-0.2, 0) is 0 Å². The SMILES string of the molecule is C[C@@H]1CN(c2ccc3cc(-c4cn5cccc(Cl)c5n4)c(=O)oc3c2)C[C@H](C)N1C. The van der Waals surface area contributed by atoms with Crippen LogP contribution in [0, 0.1) is 0 Å². The summed E-state index contributed by atoms with van der Waals surface area (Å²) >= 11 is 6.22. The zero-order valence-electron chi connectivity index (χ0n) is 17.2. The van der Waals surface area contributed by atoms with Crippen molar-refractivity contribution in [3.05, 3.63) is 64.2 Å². The van der Waals surface area contributed by atoms with Gasteiger partial charge in [-0.05, 0) is 51.2 Å². The summed E-state index contributed by atoms with van der Waals surface area (Å²) in [7, 11) is 2.17. The summed E-state index contributed by atoms with van der Waals surface area (Å²) in [6.45, 7) is 6.35. The van der Waals surface area contributed by atoms with Crippen LogP contribution in [0.1, 0.15) is 13.8 Å². The molecule has 0 unspecified atom stereocenters. The van der Waals surface area contributed by atoms with Crippen LogP contribution in [0.5, 0.6) is 0 Å². The summed E-state index contributed by atoms with van der Waals surface area (Å²) < 4.78 is 7.51. The second kappa shape index (κ2) is 7.15. The van der Waals surface area contributed by atoms with E-state index in [-0.39, 0.29) is 0 Å². The van der Waals surface area contributed by atoms with Crippen molar-refractivity contribution < 1.29 is 4.42 Å². The number of hydrogen-bond acceptors (Lipinski definition) is 5. The average Bonchev–Trinajstić information content (AvgIpc) is 3.16. The highest BCUT2D eigenvalue weighted by atomic mass is 35.5. The van der Waals surface area contributed by atoms with Gasteiger partial charge in [-0.15, -0.1) is 0 Å². The summed E-state index contributed by atoms with van der Waals surface area (Å²) in [4.78, 5) is 22.0. The molecule has 1 aromatic carbocycles. The summed E-state index contributed by atoms with van der Waals surface area (Å²) in [5, 5.41) is 1.40. The fraction of sp³-hybridized carbons (Fsp3) is 0.304. The highest BCUT2D eigenvalue weighted by Crippen LogP contribution is 2.28. The van der Waals surface area contributed by atoms with E-state index in [0.717, 1.165) is 24.2 Å². The quantitative estimate of drug-likeness (QED) is 0.451. The van der Waals surface area contributed by atoms with E-state index in [4.69, 9.17) is 16.0 Å². The van der Waals surface area contributed by atoms with Crippen LogP contribution in [0.25, 0.3) is 27.9 Å². The second-order valence-electron chi connectivity index (χ2n) is 8.15. The average molecular weight is 423 g/mol. The minimum Gasteiger partial charge on any atom is -0.422 e. The van der Waals surface area contributed by atoms with Crippen molar-refractivity contribution in [2.75, 3.05) is 25.0 Å². The van der Waals surface area contributed by atoms with Gasteiger partial charge in [0.2, 0.25) is 0 Å². The standard InChI is InChI=1S/C23H23ClN4O2/c1-14-11-28(12-15(2)26(14)3)17-7-6-16-9-18(23(29)30-21(16)10-17)20-13-27-8-4-5-19(24)22(27)25-20/h4-10,13-15H,11-12H2,1-3H3/t14-,15+. The van der Waals surface area contributed by atoms with E-state index in [9.17, 15) is 4.79 Å². The monoisotopic (exact) mass is 422 g/mol. The highest BCUT2D eigenvalue weighted by molar-refractivity contribution is 6.33. The van der Waals surface area contributed by atoms with Gasteiger partial charge in [0.25, 0.3) is 0 Å². The van der Waals surface area contributed by atoms with Crippen molar-refractivity contribution in [2.24, 2.45) is 0 Å². The molecule has 0 radical (unpaired) electrons. The minimum absolute atomic E-state index is 0.403. The van der Waals surface area contributed by atoms with E-state index < -0.39 is 5.63 Å². The maximum absolute atomic E-state index is 12.8. The molecule has 0 spiro atoms. The van der Waals surface area contributed by atoms with Gasteiger partial charge in [-0.25, -0.2) is 9.78 Å². The topological polar surface area (TPSA) is 54.0 Å². The van der Waals surface area contributed by atoms with Gasteiger partial charge in [-0.2, -0.15) is 0 Å². The Balaban J connectivity index is 1.54. The lowest BCUT2D eigenvalue weighted by Gasteiger charge is -2.43. The largest absolute Gasteiger partial charge is 0.422 e. The van der Waals surface area contributed by atoms with Crippen LogP contribution in [0.3, 0.4) is 0 Å². The predicted octanol–water partition coefficient (Wildman–Crippen LogP) is 4.29. The lowest BCUT2D eigenvalue weighted by atomic mass is 10.1. The van der Waals surface area contributed by atoms with E-state index in [1.54, 1.807) is 16.7 Å². The van der Waals surface area contributed by atoms with Gasteiger partial charge in [0.1, 0.15) is 5.58 Å². The maximum atomic E-state index is 12.8.